The van der Waals surface area contributed by atoms with Crippen LogP contribution in [-0.2, 0) is 4.79 Å². The number of carbonyl (C=O) groups is 1. The van der Waals surface area contributed by atoms with Crippen LogP contribution in [0.25, 0.3) is 10.9 Å². The van der Waals surface area contributed by atoms with E-state index in [0.717, 1.165) is 49.6 Å². The Balaban J connectivity index is 1.55. The van der Waals surface area contributed by atoms with Crippen LogP contribution in [0.15, 0.2) is 30.5 Å². The van der Waals surface area contributed by atoms with Crippen molar-refractivity contribution < 1.29 is 9.78 Å². The first kappa shape index (κ1) is 13.8. The van der Waals surface area contributed by atoms with Crippen LogP contribution in [-0.4, -0.2) is 37.0 Å². The normalized spacial score (nSPS) is 18.8. The summed E-state index contributed by atoms with van der Waals surface area (Å²) < 4.78 is 0. The second kappa shape index (κ2) is 5.43. The summed E-state index contributed by atoms with van der Waals surface area (Å²) in [7, 11) is 0. The first-order chi connectivity index (χ1) is 10.7. The van der Waals surface area contributed by atoms with Crippen molar-refractivity contribution in [3.63, 3.8) is 0 Å². The number of anilines is 1. The summed E-state index contributed by atoms with van der Waals surface area (Å²) >= 11 is 6.07. The van der Waals surface area contributed by atoms with E-state index in [0.29, 0.717) is 11.8 Å². The van der Waals surface area contributed by atoms with Crippen molar-refractivity contribution >= 4 is 34.1 Å². The maximum Gasteiger partial charge on any atom is 0.225 e. The van der Waals surface area contributed by atoms with Gasteiger partial charge in [0.1, 0.15) is 0 Å². The first-order valence-electron chi connectivity index (χ1n) is 7.86. The molecule has 1 saturated heterocycles. The van der Waals surface area contributed by atoms with Crippen molar-refractivity contribution in [2.45, 2.75) is 12.8 Å². The molecule has 0 spiro atoms. The number of aromatic amines is 1. The van der Waals surface area contributed by atoms with Gasteiger partial charge < -0.3 is 9.80 Å². The van der Waals surface area contributed by atoms with Crippen molar-refractivity contribution in [3.8, 4) is 0 Å². The van der Waals surface area contributed by atoms with Crippen molar-refractivity contribution in [2.24, 2.45) is 5.92 Å². The Bertz CT molecular complexity index is 721. The average Bonchev–Trinajstić information content (AvgIpc) is 3.38. The molecule has 0 radical (unpaired) electrons. The number of benzene rings is 1. The zero-order valence-electron chi connectivity index (χ0n) is 12.4. The van der Waals surface area contributed by atoms with Gasteiger partial charge in [0.2, 0.25) is 11.4 Å². The van der Waals surface area contributed by atoms with E-state index < -0.39 is 0 Å². The Morgan fingerprint density at radius 2 is 1.91 bits per heavy atom. The van der Waals surface area contributed by atoms with Crippen molar-refractivity contribution in [1.82, 2.24) is 4.90 Å². The first-order valence-corrected chi connectivity index (χ1v) is 8.24. The summed E-state index contributed by atoms with van der Waals surface area (Å²) in [4.78, 5) is 19.8. The van der Waals surface area contributed by atoms with Crippen LogP contribution in [0.5, 0.6) is 0 Å². The molecule has 1 saturated carbocycles. The number of nitrogens with zero attached hydrogens (tertiary/aromatic N) is 2. The van der Waals surface area contributed by atoms with E-state index in [-0.39, 0.29) is 0 Å². The zero-order valence-corrected chi connectivity index (χ0v) is 13.1. The van der Waals surface area contributed by atoms with Crippen LogP contribution >= 0.6 is 11.6 Å². The highest BCUT2D eigenvalue weighted by Crippen LogP contribution is 2.32. The Hall–Kier alpha value is -1.81. The number of aromatic nitrogens is 1. The molecule has 1 aliphatic carbocycles. The third-order valence-electron chi connectivity index (χ3n) is 4.60. The Labute approximate surface area is 134 Å². The van der Waals surface area contributed by atoms with Gasteiger partial charge in [0, 0.05) is 49.3 Å². The Morgan fingerprint density at radius 1 is 1.14 bits per heavy atom. The van der Waals surface area contributed by atoms with Gasteiger partial charge in [-0.15, -0.1) is 0 Å². The predicted molar refractivity (Wildman–Crippen MR) is 87.0 cm³/mol. The zero-order chi connectivity index (χ0) is 15.1. The van der Waals surface area contributed by atoms with Crippen LogP contribution < -0.4 is 9.88 Å². The summed E-state index contributed by atoms with van der Waals surface area (Å²) in [6.45, 7) is 3.42. The fourth-order valence-electron chi connectivity index (χ4n) is 3.19. The van der Waals surface area contributed by atoms with Crippen LogP contribution in [0.3, 0.4) is 0 Å². The van der Waals surface area contributed by atoms with Gasteiger partial charge in [-0.25, -0.2) is 4.98 Å². The maximum atomic E-state index is 12.1. The van der Waals surface area contributed by atoms with Gasteiger partial charge in [0.15, 0.2) is 6.20 Å². The van der Waals surface area contributed by atoms with Crippen molar-refractivity contribution in [1.29, 1.82) is 0 Å². The van der Waals surface area contributed by atoms with Crippen molar-refractivity contribution in [2.75, 3.05) is 31.1 Å². The molecule has 22 heavy (non-hydrogen) atoms. The molecule has 1 aromatic carbocycles. The molecule has 2 aromatic rings. The number of hydrogen-bond donors (Lipinski definition) is 0. The van der Waals surface area contributed by atoms with Crippen LogP contribution in [0.1, 0.15) is 12.8 Å². The number of H-pyrrole nitrogens is 1. The molecule has 114 valence electrons. The molecular formula is C17H19ClN3O+. The monoisotopic (exact) mass is 316 g/mol. The minimum atomic E-state index is 0.320. The predicted octanol–water partition coefficient (Wildman–Crippen LogP) is 2.37. The number of amides is 1. The topological polar surface area (TPSA) is 37.7 Å². The lowest BCUT2D eigenvalue weighted by molar-refractivity contribution is -0.344. The molecule has 1 aliphatic heterocycles. The molecule has 1 N–H and O–H groups in total. The lowest BCUT2D eigenvalue weighted by Gasteiger charge is -2.36. The second-order valence-corrected chi connectivity index (χ2v) is 6.58. The van der Waals surface area contributed by atoms with Gasteiger partial charge in [0.25, 0.3) is 0 Å². The number of pyridine rings is 1. The largest absolute Gasteiger partial charge is 0.367 e. The fraction of sp³-hybridized carbons (Fsp3) is 0.412. The van der Waals surface area contributed by atoms with Crippen LogP contribution in [0, 0.1) is 5.92 Å². The van der Waals surface area contributed by atoms with E-state index >= 15 is 0 Å². The fourth-order valence-corrected chi connectivity index (χ4v) is 3.36. The number of nitrogens with one attached hydrogen (secondary N) is 1. The van der Waals surface area contributed by atoms with E-state index in [2.05, 4.69) is 22.0 Å². The molecule has 2 aliphatic rings. The Kier molecular flexibility index (Phi) is 3.41. The van der Waals surface area contributed by atoms with Gasteiger partial charge in [-0.3, -0.25) is 4.79 Å². The van der Waals surface area contributed by atoms with Gasteiger partial charge in [-0.1, -0.05) is 11.6 Å². The van der Waals surface area contributed by atoms with Gasteiger partial charge in [-0.2, -0.15) is 0 Å². The third kappa shape index (κ3) is 2.52. The second-order valence-electron chi connectivity index (χ2n) is 6.14. The maximum absolute atomic E-state index is 12.1. The SMILES string of the molecule is O=C(C1CC1)N1CCN(c2cc[nH+]c3cc(Cl)ccc23)CC1. The summed E-state index contributed by atoms with van der Waals surface area (Å²) in [5.74, 6) is 0.679. The summed E-state index contributed by atoms with van der Waals surface area (Å²) in [6.07, 6.45) is 4.12. The molecular weight excluding hydrogens is 298 g/mol. The molecule has 0 atom stereocenters. The summed E-state index contributed by atoms with van der Waals surface area (Å²) in [5.41, 5.74) is 2.26. The number of rotatable bonds is 2. The van der Waals surface area contributed by atoms with E-state index in [1.807, 2.05) is 23.2 Å². The lowest BCUT2D eigenvalue weighted by atomic mass is 10.1. The van der Waals surface area contributed by atoms with Crippen LogP contribution in [0.2, 0.25) is 5.02 Å². The quantitative estimate of drug-likeness (QED) is 0.853. The number of hydrogen-bond acceptors (Lipinski definition) is 2. The minimum Gasteiger partial charge on any atom is -0.367 e. The molecule has 0 unspecified atom stereocenters. The van der Waals surface area contributed by atoms with Gasteiger partial charge >= 0.3 is 0 Å². The molecule has 2 fully saturated rings. The summed E-state index contributed by atoms with van der Waals surface area (Å²) in [5, 5.41) is 1.91. The van der Waals surface area contributed by atoms with E-state index in [1.54, 1.807) is 0 Å². The smallest absolute Gasteiger partial charge is 0.225 e. The third-order valence-corrected chi connectivity index (χ3v) is 4.83. The molecule has 0 bridgehead atoms. The summed E-state index contributed by atoms with van der Waals surface area (Å²) in [6, 6.07) is 8.04. The van der Waals surface area contributed by atoms with E-state index in [4.69, 9.17) is 11.6 Å². The number of piperazine rings is 1. The highest BCUT2D eigenvalue weighted by molar-refractivity contribution is 6.31. The van der Waals surface area contributed by atoms with Crippen LogP contribution in [0.4, 0.5) is 5.69 Å². The average molecular weight is 317 g/mol. The molecule has 4 rings (SSSR count). The Morgan fingerprint density at radius 3 is 2.64 bits per heavy atom. The highest BCUT2D eigenvalue weighted by Gasteiger charge is 2.34. The minimum absolute atomic E-state index is 0.320. The lowest BCUT2D eigenvalue weighted by Crippen LogP contribution is -2.49. The van der Waals surface area contributed by atoms with Gasteiger partial charge in [-0.05, 0) is 25.0 Å². The number of carbonyl (C=O) groups excluding carboxylic acids is 1. The molecule has 1 amide bonds. The molecule has 1 aromatic heterocycles. The molecule has 2 heterocycles. The van der Waals surface area contributed by atoms with Crippen molar-refractivity contribution in [3.05, 3.63) is 35.5 Å². The number of halogens is 1. The number of fused-ring (bicyclic) bond motifs is 1. The standard InChI is InChI=1S/C17H18ClN3O/c18-13-3-4-14-15(11-13)19-6-5-16(14)20-7-9-21(10-8-20)17(22)12-1-2-12/h3-6,11-12H,1-2,7-10H2/p+1. The van der Waals surface area contributed by atoms with Gasteiger partial charge in [0.05, 0.1) is 11.1 Å². The molecule has 5 heteroatoms. The van der Waals surface area contributed by atoms with E-state index in [9.17, 15) is 4.79 Å². The highest BCUT2D eigenvalue weighted by atomic mass is 35.5. The van der Waals surface area contributed by atoms with E-state index in [1.165, 1.54) is 11.1 Å². The molecule has 4 nitrogen and oxygen atoms in total.